The fourth-order valence-electron chi connectivity index (χ4n) is 4.40. The number of hydrogen-bond acceptors (Lipinski definition) is 7. The second-order valence-electron chi connectivity index (χ2n) is 8.94. The molecule has 2 heterocycles. The van der Waals surface area contributed by atoms with Gasteiger partial charge in [-0.15, -0.1) is 0 Å². The zero-order chi connectivity index (χ0) is 25.1. The number of ether oxygens (including phenoxy) is 2. The minimum Gasteiger partial charge on any atom is -0.497 e. The molecule has 0 radical (unpaired) electrons. The first-order valence-electron chi connectivity index (χ1n) is 12.2. The maximum atomic E-state index is 13.5. The molecular formula is C28H29N3O4S. The Bertz CT molecular complexity index is 1230. The molecule has 1 fully saturated rings. The number of amidine groups is 1. The van der Waals surface area contributed by atoms with E-state index in [1.165, 1.54) is 24.6 Å². The molecule has 0 saturated heterocycles. The number of carbonyl (C=O) groups is 2. The molecule has 7 nitrogen and oxygen atoms in total. The molecule has 3 aliphatic rings. The number of nitrogens with zero attached hydrogens (tertiary/aromatic N) is 2. The molecule has 1 saturated carbocycles. The van der Waals surface area contributed by atoms with Crippen molar-refractivity contribution >= 4 is 34.5 Å². The molecule has 0 bridgehead atoms. The predicted molar refractivity (Wildman–Crippen MR) is 141 cm³/mol. The number of methoxy groups -OCH3 is 1. The number of rotatable bonds is 9. The third-order valence-electron chi connectivity index (χ3n) is 6.41. The zero-order valence-electron chi connectivity index (χ0n) is 20.4. The Hall–Kier alpha value is -3.52. The summed E-state index contributed by atoms with van der Waals surface area (Å²) in [6, 6.07) is 16.8. The van der Waals surface area contributed by atoms with Crippen molar-refractivity contribution < 1.29 is 19.1 Å². The molecule has 186 valence electrons. The molecule has 36 heavy (non-hydrogen) atoms. The van der Waals surface area contributed by atoms with Gasteiger partial charge in [-0.3, -0.25) is 4.79 Å². The Morgan fingerprint density at radius 3 is 2.53 bits per heavy atom. The quantitative estimate of drug-likeness (QED) is 0.491. The number of benzene rings is 2. The Morgan fingerprint density at radius 1 is 1.11 bits per heavy atom. The molecule has 1 amide bonds. The van der Waals surface area contributed by atoms with Crippen LogP contribution in [-0.4, -0.2) is 42.2 Å². The highest BCUT2D eigenvalue weighted by Crippen LogP contribution is 2.47. The molecule has 0 spiro atoms. The standard InChI is InChI=1S/C28H29N3O4S/c1-3-35-27(33)24-25(19-7-5-4-6-8-19)30-28-31(26(24)20-11-13-22(34-2)14-12-20)21(17-36-28)15-23(32)29-16-18-9-10-18/h4-8,11-14,17-18,26H,3,9-10,15-16H2,1-2H3,(H,29,32)/t26-/m0/s1. The summed E-state index contributed by atoms with van der Waals surface area (Å²) >= 11 is 1.47. The van der Waals surface area contributed by atoms with E-state index in [2.05, 4.69) is 5.32 Å². The molecule has 2 aromatic carbocycles. The average molecular weight is 504 g/mol. The van der Waals surface area contributed by atoms with Crippen molar-refractivity contribution in [1.29, 1.82) is 0 Å². The van der Waals surface area contributed by atoms with E-state index >= 15 is 0 Å². The normalized spacial score (nSPS) is 18.8. The first-order valence-corrected chi connectivity index (χ1v) is 13.1. The van der Waals surface area contributed by atoms with E-state index in [4.69, 9.17) is 14.5 Å². The third kappa shape index (κ3) is 5.04. The number of esters is 1. The van der Waals surface area contributed by atoms with Crippen LogP contribution in [0.15, 0.2) is 76.3 Å². The summed E-state index contributed by atoms with van der Waals surface area (Å²) in [4.78, 5) is 33.2. The molecule has 2 aliphatic heterocycles. The molecule has 1 N–H and O–H groups in total. The van der Waals surface area contributed by atoms with Crippen molar-refractivity contribution in [2.75, 3.05) is 20.3 Å². The summed E-state index contributed by atoms with van der Waals surface area (Å²) in [5, 5.41) is 5.74. The second kappa shape index (κ2) is 10.6. The minimum absolute atomic E-state index is 0.0287. The van der Waals surface area contributed by atoms with Crippen molar-refractivity contribution in [2.45, 2.75) is 32.2 Å². The van der Waals surface area contributed by atoms with Crippen LogP contribution < -0.4 is 10.1 Å². The maximum absolute atomic E-state index is 13.5. The number of aliphatic imine (C=N–C) groups is 1. The minimum atomic E-state index is -0.504. The molecule has 5 rings (SSSR count). The van der Waals surface area contributed by atoms with E-state index < -0.39 is 12.0 Å². The lowest BCUT2D eigenvalue weighted by Gasteiger charge is -2.36. The number of fused-ring (bicyclic) bond motifs is 1. The topological polar surface area (TPSA) is 80.2 Å². The van der Waals surface area contributed by atoms with Crippen LogP contribution >= 0.6 is 11.8 Å². The third-order valence-corrected chi connectivity index (χ3v) is 7.30. The van der Waals surface area contributed by atoms with Crippen LogP contribution in [0, 0.1) is 5.92 Å². The Labute approximate surface area is 215 Å². The van der Waals surface area contributed by atoms with Gasteiger partial charge in [0.15, 0.2) is 5.17 Å². The van der Waals surface area contributed by atoms with Gasteiger partial charge in [0.05, 0.1) is 37.4 Å². The van der Waals surface area contributed by atoms with E-state index in [9.17, 15) is 9.59 Å². The summed E-state index contributed by atoms with van der Waals surface area (Å²) in [6.45, 7) is 2.76. The SMILES string of the molecule is CCOC(=O)C1=C(c2ccccc2)N=C2SC=C(CC(=O)NCC3CC3)N2[C@H]1c1ccc(OC)cc1. The Kier molecular flexibility index (Phi) is 7.13. The van der Waals surface area contributed by atoms with E-state index in [1.54, 1.807) is 14.0 Å². The first kappa shape index (κ1) is 24.2. The fourth-order valence-corrected chi connectivity index (χ4v) is 5.32. The van der Waals surface area contributed by atoms with Gasteiger partial charge in [0.2, 0.25) is 5.91 Å². The van der Waals surface area contributed by atoms with Gasteiger partial charge >= 0.3 is 5.97 Å². The van der Waals surface area contributed by atoms with Gasteiger partial charge in [0, 0.05) is 17.8 Å². The van der Waals surface area contributed by atoms with E-state index in [-0.39, 0.29) is 18.9 Å². The molecule has 1 atom stereocenters. The molecule has 8 heteroatoms. The lowest BCUT2D eigenvalue weighted by molar-refractivity contribution is -0.139. The van der Waals surface area contributed by atoms with Gasteiger partial charge in [-0.2, -0.15) is 0 Å². The summed E-state index contributed by atoms with van der Waals surface area (Å²) in [7, 11) is 1.62. The first-order chi connectivity index (χ1) is 17.6. The largest absolute Gasteiger partial charge is 0.497 e. The number of carbonyl (C=O) groups excluding carboxylic acids is 2. The van der Waals surface area contributed by atoms with Crippen LogP contribution in [0.2, 0.25) is 0 Å². The van der Waals surface area contributed by atoms with E-state index in [0.717, 1.165) is 27.7 Å². The van der Waals surface area contributed by atoms with Gasteiger partial charge in [-0.1, -0.05) is 54.2 Å². The molecule has 2 aromatic rings. The van der Waals surface area contributed by atoms with E-state index in [0.29, 0.717) is 23.7 Å². The second-order valence-corrected chi connectivity index (χ2v) is 9.78. The van der Waals surface area contributed by atoms with Crippen LogP contribution in [0.4, 0.5) is 0 Å². The van der Waals surface area contributed by atoms with Gasteiger partial charge in [-0.25, -0.2) is 9.79 Å². The summed E-state index contributed by atoms with van der Waals surface area (Å²) < 4.78 is 10.9. The maximum Gasteiger partial charge on any atom is 0.338 e. The number of nitrogens with one attached hydrogen (secondary N) is 1. The smallest absolute Gasteiger partial charge is 0.338 e. The van der Waals surface area contributed by atoms with Gasteiger partial charge in [0.25, 0.3) is 0 Å². The number of hydrogen-bond donors (Lipinski definition) is 1. The molecular weight excluding hydrogens is 474 g/mol. The average Bonchev–Trinajstić information content (AvgIpc) is 3.66. The van der Waals surface area contributed by atoms with Gasteiger partial charge in [0.1, 0.15) is 5.75 Å². The Balaban J connectivity index is 1.58. The number of amides is 1. The van der Waals surface area contributed by atoms with E-state index in [1.807, 2.05) is 64.9 Å². The lowest BCUT2D eigenvalue weighted by atomic mass is 9.91. The molecule has 1 aliphatic carbocycles. The molecule has 0 unspecified atom stereocenters. The van der Waals surface area contributed by atoms with Crippen molar-refractivity contribution in [2.24, 2.45) is 10.9 Å². The highest BCUT2D eigenvalue weighted by atomic mass is 32.2. The van der Waals surface area contributed by atoms with Crippen LogP contribution in [0.5, 0.6) is 5.75 Å². The Morgan fingerprint density at radius 2 is 1.86 bits per heavy atom. The van der Waals surface area contributed by atoms with Crippen molar-refractivity contribution in [3.8, 4) is 5.75 Å². The predicted octanol–water partition coefficient (Wildman–Crippen LogP) is 4.89. The monoisotopic (exact) mass is 503 g/mol. The molecule has 0 aromatic heterocycles. The van der Waals surface area contributed by atoms with Crippen LogP contribution in [-0.2, 0) is 14.3 Å². The summed E-state index contributed by atoms with van der Waals surface area (Å²) in [5.74, 6) is 0.875. The van der Waals surface area contributed by atoms with Crippen molar-refractivity contribution in [3.05, 3.63) is 82.4 Å². The van der Waals surface area contributed by atoms with Crippen molar-refractivity contribution in [1.82, 2.24) is 10.2 Å². The highest BCUT2D eigenvalue weighted by molar-refractivity contribution is 8.16. The van der Waals surface area contributed by atoms with Gasteiger partial charge in [-0.05, 0) is 48.8 Å². The van der Waals surface area contributed by atoms with Crippen LogP contribution in [0.3, 0.4) is 0 Å². The zero-order valence-corrected chi connectivity index (χ0v) is 21.2. The van der Waals surface area contributed by atoms with Crippen LogP contribution in [0.1, 0.15) is 43.4 Å². The fraction of sp³-hybridized carbons (Fsp3) is 0.321. The summed E-state index contributed by atoms with van der Waals surface area (Å²) in [5.41, 5.74) is 3.56. The van der Waals surface area contributed by atoms with Crippen molar-refractivity contribution in [3.63, 3.8) is 0 Å². The lowest BCUT2D eigenvalue weighted by Crippen LogP contribution is -2.38. The highest BCUT2D eigenvalue weighted by Gasteiger charge is 2.42. The number of thioether (sulfide) groups is 1. The van der Waals surface area contributed by atoms with Gasteiger partial charge < -0.3 is 19.7 Å². The van der Waals surface area contributed by atoms with Crippen LogP contribution in [0.25, 0.3) is 5.70 Å². The summed E-state index contributed by atoms with van der Waals surface area (Å²) in [6.07, 6.45) is 2.57.